The van der Waals surface area contributed by atoms with E-state index in [2.05, 4.69) is 15.2 Å². The average molecular weight is 624 g/mol. The Morgan fingerprint density at radius 2 is 1.98 bits per heavy atom. The predicted octanol–water partition coefficient (Wildman–Crippen LogP) is 3.62. The molecule has 1 aromatic carbocycles. The number of aliphatic hydroxyl groups is 1. The fourth-order valence-electron chi connectivity index (χ4n) is 4.88. The standard InChI is InChI=1S/C29H45N5O8S/c1-18-15-34(19(2)17-35)28(36)24-14-23(32-43(7,38)39)11-12-25(24)41-20(3)10-8-9-13-40-26(18)16-33(6)29(37)30-27-21(4)31-42-22(27)5/h11-12,14,18-20,26,32,35H,8-10,13,15-17H2,1-7H3,(H,30,37)/t18-,19+,20+,26+/m1/s1. The summed E-state index contributed by atoms with van der Waals surface area (Å²) in [5, 5.41) is 16.8. The van der Waals surface area contributed by atoms with E-state index < -0.39 is 28.1 Å². The molecule has 2 heterocycles. The van der Waals surface area contributed by atoms with E-state index >= 15 is 0 Å². The van der Waals surface area contributed by atoms with Crippen LogP contribution in [0.2, 0.25) is 0 Å². The van der Waals surface area contributed by atoms with Gasteiger partial charge >= 0.3 is 6.03 Å². The fourth-order valence-corrected chi connectivity index (χ4v) is 5.43. The van der Waals surface area contributed by atoms with Gasteiger partial charge in [-0.2, -0.15) is 0 Å². The molecule has 0 bridgehead atoms. The number of aryl methyl sites for hydroxylation is 2. The predicted molar refractivity (Wildman–Crippen MR) is 163 cm³/mol. The topological polar surface area (TPSA) is 164 Å². The van der Waals surface area contributed by atoms with Gasteiger partial charge in [0.2, 0.25) is 10.0 Å². The van der Waals surface area contributed by atoms with Gasteiger partial charge in [-0.05, 0) is 65.2 Å². The SMILES string of the molecule is Cc1noc(C)c1NC(=O)N(C)C[C@@H]1OCCCC[C@H](C)Oc2ccc(NS(C)(=O)=O)cc2C(=O)N([C@@H](C)CO)C[C@H]1C. The van der Waals surface area contributed by atoms with Crippen LogP contribution in [-0.2, 0) is 14.8 Å². The Bertz CT molecular complexity index is 1350. The first-order valence-corrected chi connectivity index (χ1v) is 16.4. The fraction of sp³-hybridized carbons (Fsp3) is 0.621. The molecule has 0 aliphatic carbocycles. The third-order valence-corrected chi connectivity index (χ3v) is 8.03. The van der Waals surface area contributed by atoms with Gasteiger partial charge in [0.15, 0.2) is 5.76 Å². The highest BCUT2D eigenvalue weighted by Gasteiger charge is 2.31. The Kier molecular flexibility index (Phi) is 11.8. The van der Waals surface area contributed by atoms with Crippen molar-refractivity contribution in [2.45, 2.75) is 72.1 Å². The maximum atomic E-state index is 14.1. The second-order valence-corrected chi connectivity index (χ2v) is 13.1. The lowest BCUT2D eigenvalue weighted by molar-refractivity contribution is -0.0115. The molecule has 1 aliphatic rings. The summed E-state index contributed by atoms with van der Waals surface area (Å²) in [6.07, 6.45) is 2.67. The molecule has 4 atom stereocenters. The van der Waals surface area contributed by atoms with Crippen molar-refractivity contribution < 1.29 is 37.1 Å². The van der Waals surface area contributed by atoms with E-state index in [9.17, 15) is 23.1 Å². The average Bonchev–Trinajstić information content (AvgIpc) is 3.25. The van der Waals surface area contributed by atoms with E-state index in [1.54, 1.807) is 40.0 Å². The van der Waals surface area contributed by atoms with E-state index in [0.29, 0.717) is 35.9 Å². The van der Waals surface area contributed by atoms with Crippen molar-refractivity contribution in [3.8, 4) is 5.75 Å². The van der Waals surface area contributed by atoms with Crippen LogP contribution < -0.4 is 14.8 Å². The second-order valence-electron chi connectivity index (χ2n) is 11.4. The van der Waals surface area contributed by atoms with Crippen LogP contribution in [0.15, 0.2) is 22.7 Å². The Balaban J connectivity index is 1.92. The van der Waals surface area contributed by atoms with Crippen molar-refractivity contribution in [1.82, 2.24) is 15.0 Å². The number of sulfonamides is 1. The molecule has 14 heteroatoms. The van der Waals surface area contributed by atoms with Gasteiger partial charge in [-0.25, -0.2) is 13.2 Å². The number of amides is 3. The summed E-state index contributed by atoms with van der Waals surface area (Å²) >= 11 is 0. The molecule has 2 aromatic rings. The Labute approximate surface area is 253 Å². The monoisotopic (exact) mass is 623 g/mol. The van der Waals surface area contributed by atoms with Crippen LogP contribution in [0.5, 0.6) is 5.75 Å². The molecule has 13 nitrogen and oxygen atoms in total. The highest BCUT2D eigenvalue weighted by atomic mass is 32.2. The first-order valence-electron chi connectivity index (χ1n) is 14.5. The number of urea groups is 1. The van der Waals surface area contributed by atoms with Gasteiger partial charge in [0.25, 0.3) is 5.91 Å². The number of fused-ring (bicyclic) bond motifs is 1. The van der Waals surface area contributed by atoms with Gasteiger partial charge in [-0.15, -0.1) is 0 Å². The van der Waals surface area contributed by atoms with Crippen molar-refractivity contribution >= 4 is 33.3 Å². The zero-order valence-electron chi connectivity index (χ0n) is 26.0. The summed E-state index contributed by atoms with van der Waals surface area (Å²) in [7, 11) is -1.92. The lowest BCUT2D eigenvalue weighted by atomic mass is 10.0. The molecule has 0 fully saturated rings. The van der Waals surface area contributed by atoms with Crippen LogP contribution >= 0.6 is 0 Å². The zero-order valence-corrected chi connectivity index (χ0v) is 26.9. The first kappa shape index (κ1) is 34.1. The number of benzene rings is 1. The minimum atomic E-state index is -3.59. The maximum Gasteiger partial charge on any atom is 0.321 e. The van der Waals surface area contributed by atoms with Crippen LogP contribution in [0.3, 0.4) is 0 Å². The molecule has 3 amide bonds. The number of rotatable bonds is 7. The van der Waals surface area contributed by atoms with E-state index in [-0.39, 0.29) is 49.0 Å². The molecule has 0 radical (unpaired) electrons. The van der Waals surface area contributed by atoms with E-state index in [1.165, 1.54) is 15.9 Å². The minimum Gasteiger partial charge on any atom is -0.490 e. The molecule has 0 saturated carbocycles. The summed E-state index contributed by atoms with van der Waals surface area (Å²) in [4.78, 5) is 30.2. The molecule has 1 aromatic heterocycles. The minimum absolute atomic E-state index is 0.179. The number of carbonyl (C=O) groups excluding carboxylic acids is 2. The van der Waals surface area contributed by atoms with Crippen molar-refractivity contribution in [3.63, 3.8) is 0 Å². The molecular formula is C29H45N5O8S. The van der Waals surface area contributed by atoms with Crippen molar-refractivity contribution in [2.24, 2.45) is 5.92 Å². The van der Waals surface area contributed by atoms with Crippen molar-refractivity contribution in [2.75, 3.05) is 49.6 Å². The molecule has 3 N–H and O–H groups in total. The quantitative estimate of drug-likeness (QED) is 0.418. The molecule has 0 saturated heterocycles. The second kappa shape index (κ2) is 14.9. The summed E-state index contributed by atoms with van der Waals surface area (Å²) in [5.74, 6) is 0.159. The van der Waals surface area contributed by atoms with Crippen LogP contribution in [0.4, 0.5) is 16.2 Å². The molecule has 3 rings (SSSR count). The van der Waals surface area contributed by atoms with Crippen molar-refractivity contribution in [1.29, 1.82) is 0 Å². The van der Waals surface area contributed by atoms with Crippen LogP contribution in [0.1, 0.15) is 61.8 Å². The Morgan fingerprint density at radius 1 is 1.26 bits per heavy atom. The number of carbonyl (C=O) groups is 2. The Hall–Kier alpha value is -3.36. The lowest BCUT2D eigenvalue weighted by Gasteiger charge is -2.35. The summed E-state index contributed by atoms with van der Waals surface area (Å²) < 4.78 is 43.9. The number of hydrogen-bond acceptors (Lipinski definition) is 9. The summed E-state index contributed by atoms with van der Waals surface area (Å²) in [6, 6.07) is 3.68. The van der Waals surface area contributed by atoms with Gasteiger partial charge in [0, 0.05) is 38.3 Å². The normalized spacial score (nSPS) is 21.3. The zero-order chi connectivity index (χ0) is 31.9. The maximum absolute atomic E-state index is 14.1. The van der Waals surface area contributed by atoms with E-state index in [1.807, 2.05) is 13.8 Å². The number of ether oxygens (including phenoxy) is 2. The third kappa shape index (κ3) is 9.57. The number of nitrogens with zero attached hydrogens (tertiary/aromatic N) is 3. The lowest BCUT2D eigenvalue weighted by Crippen LogP contribution is -2.48. The van der Waals surface area contributed by atoms with Gasteiger partial charge in [0.1, 0.15) is 17.1 Å². The molecule has 1 aliphatic heterocycles. The Morgan fingerprint density at radius 3 is 2.60 bits per heavy atom. The van der Waals surface area contributed by atoms with Gasteiger partial charge in [-0.3, -0.25) is 9.52 Å². The molecular weight excluding hydrogens is 578 g/mol. The van der Waals surface area contributed by atoms with Crippen LogP contribution in [-0.4, -0.2) is 98.3 Å². The smallest absolute Gasteiger partial charge is 0.321 e. The highest BCUT2D eigenvalue weighted by Crippen LogP contribution is 2.29. The summed E-state index contributed by atoms with van der Waals surface area (Å²) in [5.41, 5.74) is 1.50. The molecule has 0 unspecified atom stereocenters. The van der Waals surface area contributed by atoms with Gasteiger partial charge < -0.3 is 34.2 Å². The van der Waals surface area contributed by atoms with Crippen LogP contribution in [0, 0.1) is 19.8 Å². The number of likely N-dealkylation sites (N-methyl/N-ethyl adjacent to an activating group) is 1. The largest absolute Gasteiger partial charge is 0.490 e. The van der Waals surface area contributed by atoms with Crippen molar-refractivity contribution in [3.05, 3.63) is 35.2 Å². The number of nitrogens with one attached hydrogen (secondary N) is 2. The third-order valence-electron chi connectivity index (χ3n) is 7.42. The summed E-state index contributed by atoms with van der Waals surface area (Å²) in [6.45, 7) is 9.64. The first-order chi connectivity index (χ1) is 20.2. The number of hydrogen-bond donors (Lipinski definition) is 3. The van der Waals surface area contributed by atoms with E-state index in [0.717, 1.165) is 19.1 Å². The van der Waals surface area contributed by atoms with Gasteiger partial charge in [0.05, 0.1) is 36.7 Å². The van der Waals surface area contributed by atoms with Crippen LogP contribution in [0.25, 0.3) is 0 Å². The molecule has 240 valence electrons. The highest BCUT2D eigenvalue weighted by molar-refractivity contribution is 7.92. The number of aliphatic hydroxyl groups excluding tert-OH is 1. The molecule has 0 spiro atoms. The number of aromatic nitrogens is 1. The number of anilines is 2. The van der Waals surface area contributed by atoms with Gasteiger partial charge in [-0.1, -0.05) is 12.1 Å². The van der Waals surface area contributed by atoms with E-state index in [4.69, 9.17) is 14.0 Å². The molecule has 43 heavy (non-hydrogen) atoms.